The number of hydrogen-bond donors (Lipinski definition) is 0. The minimum absolute atomic E-state index is 0.0296. The van der Waals surface area contributed by atoms with E-state index in [-0.39, 0.29) is 18.1 Å². The molecule has 144 valence electrons. The molecule has 27 heavy (non-hydrogen) atoms. The van der Waals surface area contributed by atoms with Crippen LogP contribution >= 0.6 is 0 Å². The van der Waals surface area contributed by atoms with Crippen LogP contribution in [0.2, 0.25) is 0 Å². The van der Waals surface area contributed by atoms with E-state index in [9.17, 15) is 18.0 Å². The molecule has 0 unspecified atom stereocenters. The molecule has 2 aromatic rings. The van der Waals surface area contributed by atoms with Crippen LogP contribution in [0.4, 0.5) is 18.0 Å². The molecule has 0 radical (unpaired) electrons. The van der Waals surface area contributed by atoms with Crippen molar-refractivity contribution in [2.75, 3.05) is 6.61 Å². The summed E-state index contributed by atoms with van der Waals surface area (Å²) in [5.74, 6) is -1.17. The van der Waals surface area contributed by atoms with Crippen LogP contribution in [-0.4, -0.2) is 35.2 Å². The lowest BCUT2D eigenvalue weighted by molar-refractivity contribution is -0.0521. The lowest BCUT2D eigenvalue weighted by atomic mass is 10.0. The van der Waals surface area contributed by atoms with Gasteiger partial charge in [0.1, 0.15) is 6.61 Å². The molecule has 0 bridgehead atoms. The first kappa shape index (κ1) is 19.0. The summed E-state index contributed by atoms with van der Waals surface area (Å²) < 4.78 is 47.8. The predicted octanol–water partition coefficient (Wildman–Crippen LogP) is 4.47. The normalized spacial score (nSPS) is 16.9. The number of amides is 1. The monoisotopic (exact) mass is 380 g/mol. The van der Waals surface area contributed by atoms with Crippen LogP contribution in [0, 0.1) is 11.7 Å². The number of carbonyl (C=O) groups is 1. The van der Waals surface area contributed by atoms with Gasteiger partial charge in [-0.1, -0.05) is 19.9 Å². The highest BCUT2D eigenvalue weighted by Crippen LogP contribution is 2.29. The maximum atomic E-state index is 13.6. The number of carbonyl (C=O) groups excluding carboxylic acids is 1. The van der Waals surface area contributed by atoms with Crippen molar-refractivity contribution >= 4 is 6.09 Å². The lowest BCUT2D eigenvalue weighted by Gasteiger charge is -2.24. The zero-order chi connectivity index (χ0) is 19.6. The molecule has 0 N–H and O–H groups in total. The molecule has 3 rings (SSSR count). The first-order valence-electron chi connectivity index (χ1n) is 8.47. The van der Waals surface area contributed by atoms with Gasteiger partial charge in [0.25, 0.3) is 0 Å². The van der Waals surface area contributed by atoms with Crippen LogP contribution in [0.5, 0.6) is 5.75 Å². The number of benzene rings is 1. The second-order valence-corrected chi connectivity index (χ2v) is 6.62. The smallest absolute Gasteiger partial charge is 0.410 e. The Balaban J connectivity index is 1.85. The molecular formula is C19H19F3N2O3. The first-order chi connectivity index (χ1) is 12.8. The fourth-order valence-corrected chi connectivity index (χ4v) is 3.00. The number of halogens is 3. The summed E-state index contributed by atoms with van der Waals surface area (Å²) >= 11 is 0. The Morgan fingerprint density at radius 1 is 1.26 bits per heavy atom. The Bertz CT molecular complexity index is 830. The molecular weight excluding hydrogens is 361 g/mol. The SMILES string of the molecule is CC(C)[C@@H]1COC(=O)N1Cc1cncc(-c2ccc(F)c(OC(F)F)c2)c1. The highest BCUT2D eigenvalue weighted by molar-refractivity contribution is 5.70. The number of pyridine rings is 1. The Hall–Kier alpha value is -2.77. The summed E-state index contributed by atoms with van der Waals surface area (Å²) in [5.41, 5.74) is 1.82. The third-order valence-electron chi connectivity index (χ3n) is 4.41. The van der Waals surface area contributed by atoms with E-state index in [1.54, 1.807) is 17.2 Å². The van der Waals surface area contributed by atoms with Gasteiger partial charge in [0.2, 0.25) is 0 Å². The van der Waals surface area contributed by atoms with E-state index in [4.69, 9.17) is 4.74 Å². The number of alkyl halides is 2. The van der Waals surface area contributed by atoms with Crippen LogP contribution < -0.4 is 4.74 Å². The highest BCUT2D eigenvalue weighted by atomic mass is 19.3. The molecule has 1 fully saturated rings. The Labute approximate surface area is 154 Å². The zero-order valence-electron chi connectivity index (χ0n) is 14.9. The van der Waals surface area contributed by atoms with Gasteiger partial charge in [0.05, 0.1) is 12.6 Å². The summed E-state index contributed by atoms with van der Waals surface area (Å²) in [5, 5.41) is 0. The molecule has 1 amide bonds. The minimum atomic E-state index is -3.12. The van der Waals surface area contributed by atoms with Gasteiger partial charge in [-0.25, -0.2) is 9.18 Å². The average Bonchev–Trinajstić information content (AvgIpc) is 2.98. The third-order valence-corrected chi connectivity index (χ3v) is 4.41. The van der Waals surface area contributed by atoms with Gasteiger partial charge < -0.3 is 9.47 Å². The summed E-state index contributed by atoms with van der Waals surface area (Å²) in [4.78, 5) is 17.8. The number of nitrogens with zero attached hydrogens (tertiary/aromatic N) is 2. The highest BCUT2D eigenvalue weighted by Gasteiger charge is 2.34. The Kier molecular flexibility index (Phi) is 5.53. The molecule has 8 heteroatoms. The fourth-order valence-electron chi connectivity index (χ4n) is 3.00. The molecule has 0 spiro atoms. The maximum Gasteiger partial charge on any atom is 0.410 e. The Morgan fingerprint density at radius 3 is 2.74 bits per heavy atom. The molecule has 1 aliphatic rings. The van der Waals surface area contributed by atoms with E-state index in [2.05, 4.69) is 9.72 Å². The zero-order valence-corrected chi connectivity index (χ0v) is 14.9. The minimum Gasteiger partial charge on any atom is -0.447 e. The molecule has 1 aromatic carbocycles. The molecule has 1 atom stereocenters. The van der Waals surface area contributed by atoms with Gasteiger partial charge in [-0.15, -0.1) is 0 Å². The third kappa shape index (κ3) is 4.32. The molecule has 0 saturated carbocycles. The van der Waals surface area contributed by atoms with Crippen molar-refractivity contribution in [3.63, 3.8) is 0 Å². The van der Waals surface area contributed by atoms with Gasteiger partial charge >= 0.3 is 12.7 Å². The van der Waals surface area contributed by atoms with Crippen LogP contribution in [0.1, 0.15) is 19.4 Å². The number of rotatable bonds is 6. The molecule has 1 aliphatic heterocycles. The maximum absolute atomic E-state index is 13.6. The van der Waals surface area contributed by atoms with Gasteiger partial charge in [-0.05, 0) is 35.2 Å². The molecule has 2 heterocycles. The number of ether oxygens (including phenoxy) is 2. The van der Waals surface area contributed by atoms with Crippen LogP contribution in [0.25, 0.3) is 11.1 Å². The molecule has 1 aromatic heterocycles. The van der Waals surface area contributed by atoms with E-state index in [1.807, 2.05) is 13.8 Å². The van der Waals surface area contributed by atoms with Crippen molar-refractivity contribution in [3.8, 4) is 16.9 Å². The summed E-state index contributed by atoms with van der Waals surface area (Å²) in [6, 6.07) is 5.46. The van der Waals surface area contributed by atoms with Crippen molar-refractivity contribution in [1.29, 1.82) is 0 Å². The van der Waals surface area contributed by atoms with Crippen LogP contribution in [0.3, 0.4) is 0 Å². The van der Waals surface area contributed by atoms with E-state index >= 15 is 0 Å². The van der Waals surface area contributed by atoms with E-state index in [1.165, 1.54) is 18.3 Å². The van der Waals surface area contributed by atoms with Crippen LogP contribution in [-0.2, 0) is 11.3 Å². The van der Waals surface area contributed by atoms with Crippen molar-refractivity contribution in [3.05, 3.63) is 48.0 Å². The number of hydrogen-bond acceptors (Lipinski definition) is 4. The van der Waals surface area contributed by atoms with Gasteiger partial charge in [0, 0.05) is 18.0 Å². The summed E-state index contributed by atoms with van der Waals surface area (Å²) in [6.45, 7) is 1.56. The molecule has 0 aliphatic carbocycles. The first-order valence-corrected chi connectivity index (χ1v) is 8.47. The van der Waals surface area contributed by atoms with Crippen molar-refractivity contribution in [2.45, 2.75) is 33.0 Å². The fraction of sp³-hybridized carbons (Fsp3) is 0.368. The summed E-state index contributed by atoms with van der Waals surface area (Å²) in [6.07, 6.45) is 2.77. The number of cyclic esters (lactones) is 1. The van der Waals surface area contributed by atoms with Crippen molar-refractivity contribution in [2.24, 2.45) is 5.92 Å². The number of aromatic nitrogens is 1. The standard InChI is InChI=1S/C19H19F3N2O3/c1-11(2)16-10-26-19(25)24(16)9-12-5-14(8-23-7-12)13-3-4-15(20)17(6-13)27-18(21)22/h3-8,11,16,18H,9-10H2,1-2H3/t16-/m0/s1. The molecule has 5 nitrogen and oxygen atoms in total. The van der Waals surface area contributed by atoms with Crippen molar-refractivity contribution in [1.82, 2.24) is 9.88 Å². The van der Waals surface area contributed by atoms with Crippen molar-refractivity contribution < 1.29 is 27.4 Å². The largest absolute Gasteiger partial charge is 0.447 e. The van der Waals surface area contributed by atoms with Gasteiger partial charge in [0.15, 0.2) is 11.6 Å². The van der Waals surface area contributed by atoms with E-state index in [0.29, 0.717) is 24.3 Å². The average molecular weight is 380 g/mol. The second-order valence-electron chi connectivity index (χ2n) is 6.62. The molecule has 1 saturated heterocycles. The lowest BCUT2D eigenvalue weighted by Crippen LogP contribution is -2.36. The van der Waals surface area contributed by atoms with Crippen LogP contribution in [0.15, 0.2) is 36.7 Å². The Morgan fingerprint density at radius 2 is 2.04 bits per heavy atom. The predicted molar refractivity (Wildman–Crippen MR) is 91.8 cm³/mol. The van der Waals surface area contributed by atoms with Gasteiger partial charge in [-0.3, -0.25) is 9.88 Å². The summed E-state index contributed by atoms with van der Waals surface area (Å²) in [7, 11) is 0. The van der Waals surface area contributed by atoms with Gasteiger partial charge in [-0.2, -0.15) is 8.78 Å². The van der Waals surface area contributed by atoms with E-state index < -0.39 is 18.2 Å². The topological polar surface area (TPSA) is 51.7 Å². The quantitative estimate of drug-likeness (QED) is 0.742. The van der Waals surface area contributed by atoms with E-state index in [0.717, 1.165) is 11.6 Å². The second kappa shape index (κ2) is 7.85.